The maximum absolute atomic E-state index is 11.2. The Bertz CT molecular complexity index is 486. The molecule has 24 heavy (non-hydrogen) atoms. The first kappa shape index (κ1) is 18.2. The predicted octanol–water partition coefficient (Wildman–Crippen LogP) is 4.85. The van der Waals surface area contributed by atoms with E-state index in [0.29, 0.717) is 11.8 Å². The van der Waals surface area contributed by atoms with Crippen molar-refractivity contribution >= 4 is 0 Å². The molecule has 5 unspecified atom stereocenters. The van der Waals surface area contributed by atoms with Crippen molar-refractivity contribution in [1.29, 1.82) is 0 Å². The highest BCUT2D eigenvalue weighted by Crippen LogP contribution is 2.63. The number of rotatable bonds is 9. The summed E-state index contributed by atoms with van der Waals surface area (Å²) in [5.74, 6) is 3.07. The van der Waals surface area contributed by atoms with Gasteiger partial charge in [0, 0.05) is 6.54 Å². The van der Waals surface area contributed by atoms with Crippen molar-refractivity contribution in [2.75, 3.05) is 13.1 Å². The number of hydrogen-bond acceptors (Lipinski definition) is 2. The Morgan fingerprint density at radius 1 is 1.12 bits per heavy atom. The van der Waals surface area contributed by atoms with Gasteiger partial charge in [-0.15, -0.1) is 0 Å². The first-order valence-electron chi connectivity index (χ1n) is 10.2. The van der Waals surface area contributed by atoms with Crippen LogP contribution in [0.15, 0.2) is 23.3 Å². The Kier molecular flexibility index (Phi) is 5.87. The second-order valence-electron chi connectivity index (χ2n) is 9.04. The van der Waals surface area contributed by atoms with Crippen LogP contribution in [-0.4, -0.2) is 23.8 Å². The molecule has 0 spiro atoms. The van der Waals surface area contributed by atoms with E-state index >= 15 is 0 Å². The molecular weight excluding hydrogens is 294 g/mol. The van der Waals surface area contributed by atoms with Crippen LogP contribution in [0.5, 0.6) is 0 Å². The van der Waals surface area contributed by atoms with Crippen molar-refractivity contribution in [3.63, 3.8) is 0 Å². The monoisotopic (exact) mass is 331 g/mol. The van der Waals surface area contributed by atoms with Crippen molar-refractivity contribution in [3.05, 3.63) is 23.3 Å². The highest BCUT2D eigenvalue weighted by atomic mass is 16.3. The zero-order valence-electron chi connectivity index (χ0n) is 16.0. The van der Waals surface area contributed by atoms with E-state index in [9.17, 15) is 5.11 Å². The van der Waals surface area contributed by atoms with E-state index in [1.807, 2.05) is 0 Å². The van der Waals surface area contributed by atoms with Gasteiger partial charge in [0.1, 0.15) is 0 Å². The molecule has 2 N–H and O–H groups in total. The van der Waals surface area contributed by atoms with Gasteiger partial charge >= 0.3 is 0 Å². The number of allylic oxidation sites excluding steroid dienone is 3. The highest BCUT2D eigenvalue weighted by Gasteiger charge is 2.61. The molecule has 0 aromatic carbocycles. The van der Waals surface area contributed by atoms with Gasteiger partial charge in [0.15, 0.2) is 0 Å². The predicted molar refractivity (Wildman–Crippen MR) is 102 cm³/mol. The van der Waals surface area contributed by atoms with Crippen LogP contribution in [0.25, 0.3) is 0 Å². The van der Waals surface area contributed by atoms with Crippen LogP contribution in [0, 0.1) is 23.7 Å². The SMILES string of the molecule is CC(C)=CCCC(C)=CCNCCCC1(O)C2CC3CC(C2)C1C3. The molecule has 136 valence electrons. The molecule has 4 aliphatic carbocycles. The van der Waals surface area contributed by atoms with Crippen LogP contribution in [0.4, 0.5) is 0 Å². The first-order chi connectivity index (χ1) is 11.5. The molecule has 2 nitrogen and oxygen atoms in total. The third-order valence-corrected chi connectivity index (χ3v) is 6.96. The molecule has 0 aliphatic heterocycles. The molecule has 4 rings (SSSR count). The second kappa shape index (κ2) is 7.74. The van der Waals surface area contributed by atoms with Crippen molar-refractivity contribution in [2.24, 2.45) is 23.7 Å². The van der Waals surface area contributed by atoms with Gasteiger partial charge in [0.2, 0.25) is 0 Å². The standard InChI is InChI=1S/C22H37NO/c1-16(2)6-4-7-17(3)8-11-23-10-5-9-22(24)20-13-18-12-19(15-20)21(22)14-18/h6,8,18-21,23-24H,4-5,7,9-15H2,1-3H3. The lowest BCUT2D eigenvalue weighted by molar-refractivity contribution is -0.0707. The van der Waals surface area contributed by atoms with E-state index in [2.05, 4.69) is 38.2 Å². The van der Waals surface area contributed by atoms with Crippen molar-refractivity contribution in [1.82, 2.24) is 5.32 Å². The Hall–Kier alpha value is -0.600. The van der Waals surface area contributed by atoms with Crippen LogP contribution in [0.1, 0.15) is 72.1 Å². The van der Waals surface area contributed by atoms with Gasteiger partial charge in [0.05, 0.1) is 5.60 Å². The van der Waals surface area contributed by atoms with Crippen molar-refractivity contribution in [2.45, 2.75) is 77.7 Å². The molecule has 0 radical (unpaired) electrons. The topological polar surface area (TPSA) is 32.3 Å². The maximum Gasteiger partial charge on any atom is 0.0707 e. The van der Waals surface area contributed by atoms with Crippen LogP contribution in [0.3, 0.4) is 0 Å². The quantitative estimate of drug-likeness (QED) is 0.468. The lowest BCUT2D eigenvalue weighted by Crippen LogP contribution is -2.43. The minimum atomic E-state index is -0.310. The van der Waals surface area contributed by atoms with E-state index in [1.165, 1.54) is 43.3 Å². The smallest absolute Gasteiger partial charge is 0.0707 e. The number of nitrogens with one attached hydrogen (secondary N) is 1. The molecule has 4 bridgehead atoms. The first-order valence-corrected chi connectivity index (χ1v) is 10.2. The molecule has 4 aliphatic rings. The summed E-state index contributed by atoms with van der Waals surface area (Å²) < 4.78 is 0. The molecular formula is C22H37NO. The number of aliphatic hydroxyl groups is 1. The summed E-state index contributed by atoms with van der Waals surface area (Å²) in [6.45, 7) is 8.56. The summed E-state index contributed by atoms with van der Waals surface area (Å²) >= 11 is 0. The molecule has 0 heterocycles. The van der Waals surface area contributed by atoms with Gasteiger partial charge in [-0.3, -0.25) is 0 Å². The molecule has 4 saturated carbocycles. The molecule has 0 amide bonds. The third kappa shape index (κ3) is 3.96. The van der Waals surface area contributed by atoms with E-state index < -0.39 is 0 Å². The van der Waals surface area contributed by atoms with E-state index in [0.717, 1.165) is 44.2 Å². The average molecular weight is 332 g/mol. The molecule has 4 fully saturated rings. The molecule has 0 aromatic rings. The summed E-state index contributed by atoms with van der Waals surface area (Å²) in [7, 11) is 0. The Morgan fingerprint density at radius 2 is 1.96 bits per heavy atom. The molecule has 2 heteroatoms. The van der Waals surface area contributed by atoms with Gasteiger partial charge in [0.25, 0.3) is 0 Å². The lowest BCUT2D eigenvalue weighted by Gasteiger charge is -2.40. The van der Waals surface area contributed by atoms with Gasteiger partial charge in [-0.05, 0) is 102 Å². The van der Waals surface area contributed by atoms with Crippen LogP contribution in [0.2, 0.25) is 0 Å². The van der Waals surface area contributed by atoms with E-state index in [4.69, 9.17) is 0 Å². The fourth-order valence-electron chi connectivity index (χ4n) is 5.81. The fraction of sp³-hybridized carbons (Fsp3) is 0.818. The summed E-state index contributed by atoms with van der Waals surface area (Å²) in [4.78, 5) is 0. The second-order valence-corrected chi connectivity index (χ2v) is 9.04. The van der Waals surface area contributed by atoms with Gasteiger partial charge < -0.3 is 10.4 Å². The summed E-state index contributed by atoms with van der Waals surface area (Å²) in [6.07, 6.45) is 14.5. The highest BCUT2D eigenvalue weighted by molar-refractivity contribution is 5.11. The van der Waals surface area contributed by atoms with Crippen molar-refractivity contribution < 1.29 is 5.11 Å². The van der Waals surface area contributed by atoms with Crippen LogP contribution in [-0.2, 0) is 0 Å². The summed E-state index contributed by atoms with van der Waals surface area (Å²) in [5.41, 5.74) is 2.58. The van der Waals surface area contributed by atoms with Gasteiger partial charge in [-0.1, -0.05) is 23.3 Å². The molecule has 0 saturated heterocycles. The Balaban J connectivity index is 1.31. The average Bonchev–Trinajstić information content (AvgIpc) is 2.92. The minimum Gasteiger partial charge on any atom is -0.389 e. The third-order valence-electron chi connectivity index (χ3n) is 6.96. The fourth-order valence-corrected chi connectivity index (χ4v) is 5.81. The molecule has 5 atom stereocenters. The van der Waals surface area contributed by atoms with Crippen LogP contribution < -0.4 is 5.32 Å². The minimum absolute atomic E-state index is 0.310. The normalized spacial score (nSPS) is 37.2. The number of hydrogen-bond donors (Lipinski definition) is 2. The van der Waals surface area contributed by atoms with Crippen LogP contribution >= 0.6 is 0 Å². The van der Waals surface area contributed by atoms with Gasteiger partial charge in [-0.2, -0.15) is 0 Å². The summed E-state index contributed by atoms with van der Waals surface area (Å²) in [6, 6.07) is 0. The zero-order valence-corrected chi connectivity index (χ0v) is 16.0. The Labute approximate surface area is 148 Å². The maximum atomic E-state index is 11.2. The largest absolute Gasteiger partial charge is 0.389 e. The van der Waals surface area contributed by atoms with E-state index in [-0.39, 0.29) is 5.60 Å². The zero-order chi connectivity index (χ0) is 17.2. The Morgan fingerprint density at radius 3 is 2.71 bits per heavy atom. The lowest BCUT2D eigenvalue weighted by atomic mass is 9.70. The molecule has 0 aromatic heterocycles. The summed E-state index contributed by atoms with van der Waals surface area (Å²) in [5, 5.41) is 14.8. The van der Waals surface area contributed by atoms with Gasteiger partial charge in [-0.25, -0.2) is 0 Å². The van der Waals surface area contributed by atoms with E-state index in [1.54, 1.807) is 0 Å². The van der Waals surface area contributed by atoms with Crippen molar-refractivity contribution in [3.8, 4) is 0 Å².